The normalized spacial score (nSPS) is 14.7. The number of likely N-dealkylation sites (tertiary alicyclic amines) is 1. The van der Waals surface area contributed by atoms with Crippen LogP contribution in [0.25, 0.3) is 0 Å². The summed E-state index contributed by atoms with van der Waals surface area (Å²) in [7, 11) is 0. The maximum atomic E-state index is 12.1. The first-order valence-electron chi connectivity index (χ1n) is 10.1. The smallest absolute Gasteiger partial charge is 0.262 e. The highest BCUT2D eigenvalue weighted by atomic mass is 16.5. The van der Waals surface area contributed by atoms with Gasteiger partial charge >= 0.3 is 0 Å². The molecule has 0 aliphatic carbocycles. The van der Waals surface area contributed by atoms with Gasteiger partial charge in [0.15, 0.2) is 6.61 Å². The van der Waals surface area contributed by atoms with Gasteiger partial charge in [0.2, 0.25) is 0 Å². The molecule has 0 saturated carbocycles. The Morgan fingerprint density at radius 2 is 1.63 bits per heavy atom. The molecule has 27 heavy (non-hydrogen) atoms. The first-order valence-corrected chi connectivity index (χ1v) is 10.1. The third-order valence-corrected chi connectivity index (χ3v) is 4.92. The number of amides is 1. The average Bonchev–Trinajstić information content (AvgIpc) is 2.70. The molecule has 1 aliphatic heterocycles. The van der Waals surface area contributed by atoms with Crippen LogP contribution in [0.5, 0.6) is 5.75 Å². The molecule has 1 aliphatic rings. The molecular weight excluding hydrogens is 336 g/mol. The fourth-order valence-electron chi connectivity index (χ4n) is 3.46. The second kappa shape index (κ2) is 10.1. The summed E-state index contributed by atoms with van der Waals surface area (Å²) in [6.45, 7) is 5.55. The summed E-state index contributed by atoms with van der Waals surface area (Å²) in [5, 5.41) is 2.90. The van der Waals surface area contributed by atoms with Crippen molar-refractivity contribution in [2.24, 2.45) is 0 Å². The molecule has 1 amide bonds. The van der Waals surface area contributed by atoms with Crippen LogP contribution in [0.1, 0.15) is 43.7 Å². The molecule has 0 aromatic heterocycles. The molecule has 1 fully saturated rings. The average molecular weight is 367 g/mol. The highest BCUT2D eigenvalue weighted by molar-refractivity contribution is 5.91. The molecule has 0 atom stereocenters. The molecule has 3 rings (SSSR count). The molecule has 4 heteroatoms. The van der Waals surface area contributed by atoms with E-state index in [-0.39, 0.29) is 12.5 Å². The first-order chi connectivity index (χ1) is 13.2. The predicted octanol–water partition coefficient (Wildman–Crippen LogP) is 4.64. The number of carbonyl (C=O) groups excluding carboxylic acids is 1. The maximum absolute atomic E-state index is 12.1. The number of ether oxygens (including phenoxy) is 1. The van der Waals surface area contributed by atoms with Crippen LogP contribution in [0.2, 0.25) is 0 Å². The summed E-state index contributed by atoms with van der Waals surface area (Å²) >= 11 is 0. The minimum absolute atomic E-state index is 0.0165. The molecule has 0 radical (unpaired) electrons. The van der Waals surface area contributed by atoms with Crippen molar-refractivity contribution in [3.8, 4) is 5.75 Å². The van der Waals surface area contributed by atoms with Crippen molar-refractivity contribution >= 4 is 11.6 Å². The molecule has 0 bridgehead atoms. The zero-order valence-electron chi connectivity index (χ0n) is 16.2. The molecule has 1 saturated heterocycles. The highest BCUT2D eigenvalue weighted by Gasteiger charge is 2.10. The van der Waals surface area contributed by atoms with E-state index >= 15 is 0 Å². The lowest BCUT2D eigenvalue weighted by Gasteiger charge is -2.26. The van der Waals surface area contributed by atoms with Gasteiger partial charge in [-0.25, -0.2) is 0 Å². The number of benzene rings is 2. The van der Waals surface area contributed by atoms with E-state index in [1.165, 1.54) is 43.5 Å². The van der Waals surface area contributed by atoms with Crippen molar-refractivity contribution in [1.29, 1.82) is 0 Å². The Balaban J connectivity index is 1.43. The van der Waals surface area contributed by atoms with Crippen LogP contribution in [0.4, 0.5) is 5.69 Å². The third kappa shape index (κ3) is 6.40. The summed E-state index contributed by atoms with van der Waals surface area (Å²) in [6.07, 6.45) is 6.14. The van der Waals surface area contributed by atoms with Crippen LogP contribution >= 0.6 is 0 Å². The van der Waals surface area contributed by atoms with E-state index in [9.17, 15) is 4.79 Å². The van der Waals surface area contributed by atoms with Crippen molar-refractivity contribution in [2.75, 3.05) is 25.0 Å². The van der Waals surface area contributed by atoms with Gasteiger partial charge in [-0.15, -0.1) is 0 Å². The van der Waals surface area contributed by atoms with Crippen molar-refractivity contribution < 1.29 is 9.53 Å². The van der Waals surface area contributed by atoms with Gasteiger partial charge in [-0.3, -0.25) is 9.69 Å². The minimum Gasteiger partial charge on any atom is -0.484 e. The molecule has 1 heterocycles. The number of anilines is 1. The number of aryl methyl sites for hydroxylation is 1. The van der Waals surface area contributed by atoms with Crippen LogP contribution in [0.15, 0.2) is 48.5 Å². The van der Waals surface area contributed by atoms with E-state index in [0.717, 1.165) is 30.8 Å². The predicted molar refractivity (Wildman–Crippen MR) is 110 cm³/mol. The number of hydrogen-bond donors (Lipinski definition) is 1. The highest BCUT2D eigenvalue weighted by Crippen LogP contribution is 2.16. The summed E-state index contributed by atoms with van der Waals surface area (Å²) in [4.78, 5) is 14.6. The fraction of sp³-hybridized carbons (Fsp3) is 0.435. The number of nitrogens with zero attached hydrogens (tertiary/aromatic N) is 1. The SMILES string of the molecule is CCCc1ccc(OCC(=O)Nc2ccc(CN3CCCCC3)cc2)cc1. The number of carbonyl (C=O) groups is 1. The largest absolute Gasteiger partial charge is 0.484 e. The molecular formula is C23H30N2O2. The summed E-state index contributed by atoms with van der Waals surface area (Å²) in [5.41, 5.74) is 3.39. The Morgan fingerprint density at radius 1 is 0.963 bits per heavy atom. The number of nitrogens with one attached hydrogen (secondary N) is 1. The number of piperidine rings is 1. The maximum Gasteiger partial charge on any atom is 0.262 e. The molecule has 2 aromatic rings. The molecule has 4 nitrogen and oxygen atoms in total. The van der Waals surface area contributed by atoms with Crippen molar-refractivity contribution in [3.05, 3.63) is 59.7 Å². The topological polar surface area (TPSA) is 41.6 Å². The lowest BCUT2D eigenvalue weighted by molar-refractivity contribution is -0.118. The van der Waals surface area contributed by atoms with Crippen molar-refractivity contribution in [2.45, 2.75) is 45.6 Å². The van der Waals surface area contributed by atoms with Gasteiger partial charge in [-0.05, 0) is 67.7 Å². The van der Waals surface area contributed by atoms with Crippen molar-refractivity contribution in [1.82, 2.24) is 4.90 Å². The molecule has 2 aromatic carbocycles. The van der Waals surface area contributed by atoms with E-state index < -0.39 is 0 Å². The van der Waals surface area contributed by atoms with Crippen LogP contribution in [0.3, 0.4) is 0 Å². The monoisotopic (exact) mass is 366 g/mol. The Hall–Kier alpha value is -2.33. The van der Waals surface area contributed by atoms with Crippen LogP contribution < -0.4 is 10.1 Å². The van der Waals surface area contributed by atoms with Crippen LogP contribution in [0, 0.1) is 0 Å². The van der Waals surface area contributed by atoms with E-state index in [0.29, 0.717) is 0 Å². The molecule has 0 spiro atoms. The molecule has 1 N–H and O–H groups in total. The van der Waals surface area contributed by atoms with Gasteiger partial charge in [0.1, 0.15) is 5.75 Å². The lowest BCUT2D eigenvalue weighted by Crippen LogP contribution is -2.29. The Labute approximate surface area is 162 Å². The first kappa shape index (κ1) is 19.4. The van der Waals surface area contributed by atoms with Crippen LogP contribution in [-0.4, -0.2) is 30.5 Å². The summed E-state index contributed by atoms with van der Waals surface area (Å²) in [6, 6.07) is 16.1. The molecule has 144 valence electrons. The second-order valence-electron chi connectivity index (χ2n) is 7.26. The number of rotatable bonds is 8. The van der Waals surface area contributed by atoms with Gasteiger partial charge in [-0.1, -0.05) is 44.0 Å². The fourth-order valence-corrected chi connectivity index (χ4v) is 3.46. The Bertz CT molecular complexity index is 704. The summed E-state index contributed by atoms with van der Waals surface area (Å²) in [5.74, 6) is 0.582. The zero-order valence-corrected chi connectivity index (χ0v) is 16.2. The Morgan fingerprint density at radius 3 is 2.30 bits per heavy atom. The third-order valence-electron chi connectivity index (χ3n) is 4.92. The van der Waals surface area contributed by atoms with E-state index in [4.69, 9.17) is 4.74 Å². The second-order valence-corrected chi connectivity index (χ2v) is 7.26. The van der Waals surface area contributed by atoms with Gasteiger partial charge in [0.25, 0.3) is 5.91 Å². The summed E-state index contributed by atoms with van der Waals surface area (Å²) < 4.78 is 5.58. The quantitative estimate of drug-likeness (QED) is 0.740. The van der Waals surface area contributed by atoms with Crippen LogP contribution in [-0.2, 0) is 17.8 Å². The zero-order chi connectivity index (χ0) is 18.9. The van der Waals surface area contributed by atoms with Crippen molar-refractivity contribution in [3.63, 3.8) is 0 Å². The van der Waals surface area contributed by atoms with Gasteiger partial charge in [0, 0.05) is 12.2 Å². The van der Waals surface area contributed by atoms with E-state index in [1.54, 1.807) is 0 Å². The standard InChI is InChI=1S/C23H30N2O2/c1-2-6-19-9-13-22(14-10-19)27-18-23(26)24-21-11-7-20(8-12-21)17-25-15-4-3-5-16-25/h7-14H,2-6,15-18H2,1H3,(H,24,26). The van der Waals surface area contributed by atoms with E-state index in [1.807, 2.05) is 24.3 Å². The van der Waals surface area contributed by atoms with E-state index in [2.05, 4.69) is 41.4 Å². The minimum atomic E-state index is -0.142. The Kier molecular flexibility index (Phi) is 7.28. The molecule has 0 unspecified atom stereocenters. The lowest BCUT2D eigenvalue weighted by atomic mass is 10.1. The van der Waals surface area contributed by atoms with Gasteiger partial charge < -0.3 is 10.1 Å². The van der Waals surface area contributed by atoms with Gasteiger partial charge in [-0.2, -0.15) is 0 Å². The number of hydrogen-bond acceptors (Lipinski definition) is 3. The van der Waals surface area contributed by atoms with Gasteiger partial charge in [0.05, 0.1) is 0 Å².